The normalized spacial score (nSPS) is 11.6. The van der Waals surface area contributed by atoms with Gasteiger partial charge in [-0.2, -0.15) is 0 Å². The molecule has 0 aromatic heterocycles. The van der Waals surface area contributed by atoms with Gasteiger partial charge < -0.3 is 9.47 Å². The molecule has 0 saturated heterocycles. The summed E-state index contributed by atoms with van der Waals surface area (Å²) >= 11 is 0. The van der Waals surface area contributed by atoms with Gasteiger partial charge in [0.1, 0.15) is 5.76 Å². The summed E-state index contributed by atoms with van der Waals surface area (Å²) in [5, 5.41) is 0. The molecule has 0 rings (SSSR count). The lowest BCUT2D eigenvalue weighted by atomic mass is 10.2. The highest BCUT2D eigenvalue weighted by Crippen LogP contribution is 2.16. The Balaban J connectivity index is 4.87. The van der Waals surface area contributed by atoms with E-state index in [0.717, 1.165) is 12.8 Å². The van der Waals surface area contributed by atoms with Gasteiger partial charge in [0.15, 0.2) is 0 Å². The molecule has 4 heteroatoms. The van der Waals surface area contributed by atoms with E-state index < -0.39 is 11.9 Å². The molecule has 0 saturated carbocycles. The first-order chi connectivity index (χ1) is 8.43. The van der Waals surface area contributed by atoms with E-state index in [9.17, 15) is 9.59 Å². The van der Waals surface area contributed by atoms with Crippen LogP contribution in [-0.2, 0) is 19.1 Å². The average molecular weight is 254 g/mol. The third-order valence-corrected chi connectivity index (χ3v) is 2.20. The molecule has 0 aromatic carbocycles. The van der Waals surface area contributed by atoms with Gasteiger partial charge in [0, 0.05) is 12.0 Å². The molecule has 18 heavy (non-hydrogen) atoms. The predicted octanol–water partition coefficient (Wildman–Crippen LogP) is 3.13. The first-order valence-electron chi connectivity index (χ1n) is 6.18. The third-order valence-electron chi connectivity index (χ3n) is 2.20. The monoisotopic (exact) mass is 254 g/mol. The van der Waals surface area contributed by atoms with Crippen LogP contribution < -0.4 is 0 Å². The second-order valence-corrected chi connectivity index (χ2v) is 4.10. The number of rotatable bonds is 7. The molecule has 0 radical (unpaired) electrons. The summed E-state index contributed by atoms with van der Waals surface area (Å²) in [7, 11) is 0. The molecule has 0 amide bonds. The zero-order valence-electron chi connectivity index (χ0n) is 11.7. The smallest absolute Gasteiger partial charge is 0.338 e. The van der Waals surface area contributed by atoms with Gasteiger partial charge in [-0.25, -0.2) is 9.59 Å². The van der Waals surface area contributed by atoms with Crippen molar-refractivity contribution in [1.82, 2.24) is 0 Å². The van der Waals surface area contributed by atoms with Crippen molar-refractivity contribution in [2.45, 2.75) is 47.0 Å². The van der Waals surface area contributed by atoms with E-state index in [4.69, 9.17) is 9.47 Å². The minimum atomic E-state index is -0.513. The van der Waals surface area contributed by atoms with Gasteiger partial charge in [-0.1, -0.05) is 20.4 Å². The van der Waals surface area contributed by atoms with Crippen LogP contribution in [-0.4, -0.2) is 18.5 Å². The number of allylic oxidation sites excluding steroid dienone is 1. The van der Waals surface area contributed by atoms with Crippen LogP contribution in [0.25, 0.3) is 0 Å². The number of hydrogen-bond acceptors (Lipinski definition) is 4. The molecule has 0 heterocycles. The number of esters is 2. The van der Waals surface area contributed by atoms with Crippen LogP contribution in [0.4, 0.5) is 0 Å². The molecule has 0 fully saturated rings. The predicted molar refractivity (Wildman–Crippen MR) is 69.8 cm³/mol. The average Bonchev–Trinajstić information content (AvgIpc) is 2.34. The maximum atomic E-state index is 11.7. The van der Waals surface area contributed by atoms with E-state index in [-0.39, 0.29) is 0 Å². The van der Waals surface area contributed by atoms with Crippen molar-refractivity contribution in [2.24, 2.45) is 0 Å². The lowest BCUT2D eigenvalue weighted by Crippen LogP contribution is -2.13. The molecule has 0 aromatic rings. The molecule has 0 aliphatic rings. The molecule has 0 unspecified atom stereocenters. The second kappa shape index (κ2) is 8.50. The second-order valence-electron chi connectivity index (χ2n) is 4.10. The Morgan fingerprint density at radius 3 is 2.11 bits per heavy atom. The van der Waals surface area contributed by atoms with Gasteiger partial charge in [-0.3, -0.25) is 0 Å². The summed E-state index contributed by atoms with van der Waals surface area (Å²) in [4.78, 5) is 23.1. The zero-order chi connectivity index (χ0) is 14.1. The highest BCUT2D eigenvalue weighted by Gasteiger charge is 2.16. The number of carbonyl (C=O) groups is 2. The lowest BCUT2D eigenvalue weighted by molar-refractivity contribution is -0.139. The van der Waals surface area contributed by atoms with Gasteiger partial charge in [-0.05, 0) is 26.7 Å². The quantitative estimate of drug-likeness (QED) is 0.398. The fraction of sp³-hybridized carbons (Fsp3) is 0.571. The Kier molecular flexibility index (Phi) is 7.76. The van der Waals surface area contributed by atoms with Crippen molar-refractivity contribution >= 4 is 11.9 Å². The van der Waals surface area contributed by atoms with E-state index in [1.54, 1.807) is 13.8 Å². The number of hydrogen-bond donors (Lipinski definition) is 0. The number of ether oxygens (including phenoxy) is 2. The van der Waals surface area contributed by atoms with Crippen molar-refractivity contribution in [1.29, 1.82) is 0 Å². The highest BCUT2D eigenvalue weighted by atomic mass is 16.5. The molecule has 102 valence electrons. The molecule has 0 bridgehead atoms. The Bertz CT molecular complexity index is 353. The van der Waals surface area contributed by atoms with Crippen LogP contribution >= 0.6 is 0 Å². The van der Waals surface area contributed by atoms with Crippen LogP contribution in [0.2, 0.25) is 0 Å². The number of carbonyl (C=O) groups excluding carboxylic acids is 2. The van der Waals surface area contributed by atoms with Crippen LogP contribution in [0.15, 0.2) is 23.5 Å². The van der Waals surface area contributed by atoms with E-state index in [2.05, 4.69) is 6.58 Å². The van der Waals surface area contributed by atoms with E-state index in [0.29, 0.717) is 29.9 Å². The van der Waals surface area contributed by atoms with E-state index in [1.807, 2.05) is 13.8 Å². The van der Waals surface area contributed by atoms with Crippen molar-refractivity contribution < 1.29 is 19.1 Å². The van der Waals surface area contributed by atoms with E-state index in [1.165, 1.54) is 0 Å². The van der Waals surface area contributed by atoms with Crippen LogP contribution in [0, 0.1) is 0 Å². The van der Waals surface area contributed by atoms with Gasteiger partial charge in [0.2, 0.25) is 0 Å². The van der Waals surface area contributed by atoms with Crippen molar-refractivity contribution in [3.05, 3.63) is 23.5 Å². The van der Waals surface area contributed by atoms with E-state index >= 15 is 0 Å². The topological polar surface area (TPSA) is 52.6 Å². The molecule has 0 spiro atoms. The van der Waals surface area contributed by atoms with Crippen LogP contribution in [0.5, 0.6) is 0 Å². The molecule has 0 atom stereocenters. The SMILES string of the molecule is C=C(C)C(=O)OC(CCC)=C(C)C(=O)OCCC. The standard InChI is InChI=1S/C14H22O4/c1-6-8-12(18-13(15)10(3)4)11(5)14(16)17-9-7-2/h3,6-9H2,1-2,4-5H3. The minimum absolute atomic E-state index is 0.304. The first-order valence-corrected chi connectivity index (χ1v) is 6.18. The molecular formula is C14H22O4. The maximum absolute atomic E-state index is 11.7. The van der Waals surface area contributed by atoms with Crippen molar-refractivity contribution in [3.8, 4) is 0 Å². The summed E-state index contributed by atoms with van der Waals surface area (Å²) in [6, 6.07) is 0. The largest absolute Gasteiger partial charge is 0.462 e. The molecule has 0 aliphatic carbocycles. The fourth-order valence-electron chi connectivity index (χ4n) is 1.16. The minimum Gasteiger partial charge on any atom is -0.462 e. The van der Waals surface area contributed by atoms with Gasteiger partial charge in [0.25, 0.3) is 0 Å². The maximum Gasteiger partial charge on any atom is 0.338 e. The van der Waals surface area contributed by atoms with Crippen molar-refractivity contribution in [2.75, 3.05) is 6.61 Å². The third kappa shape index (κ3) is 5.66. The molecular weight excluding hydrogens is 232 g/mol. The Morgan fingerprint density at radius 1 is 1.06 bits per heavy atom. The van der Waals surface area contributed by atoms with Crippen LogP contribution in [0.3, 0.4) is 0 Å². The van der Waals surface area contributed by atoms with Gasteiger partial charge in [0.05, 0.1) is 12.2 Å². The lowest BCUT2D eigenvalue weighted by Gasteiger charge is -2.11. The highest BCUT2D eigenvalue weighted by molar-refractivity contribution is 5.91. The summed E-state index contributed by atoms with van der Waals surface area (Å²) in [6.45, 7) is 10.9. The molecule has 0 aliphatic heterocycles. The van der Waals surface area contributed by atoms with Crippen molar-refractivity contribution in [3.63, 3.8) is 0 Å². The van der Waals surface area contributed by atoms with Crippen LogP contribution in [0.1, 0.15) is 47.0 Å². The molecule has 4 nitrogen and oxygen atoms in total. The summed E-state index contributed by atoms with van der Waals surface area (Å²) < 4.78 is 10.2. The summed E-state index contributed by atoms with van der Waals surface area (Å²) in [6.07, 6.45) is 2.05. The Labute approximate surface area is 109 Å². The summed E-state index contributed by atoms with van der Waals surface area (Å²) in [5.74, 6) is -0.581. The zero-order valence-corrected chi connectivity index (χ0v) is 11.7. The summed E-state index contributed by atoms with van der Waals surface area (Å²) in [5.41, 5.74) is 0.651. The Morgan fingerprint density at radius 2 is 1.67 bits per heavy atom. The first kappa shape index (κ1) is 16.4. The van der Waals surface area contributed by atoms with Gasteiger partial charge >= 0.3 is 11.9 Å². The Hall–Kier alpha value is -1.58. The van der Waals surface area contributed by atoms with Gasteiger partial charge in [-0.15, -0.1) is 0 Å². The fourth-order valence-corrected chi connectivity index (χ4v) is 1.16. The molecule has 0 N–H and O–H groups in total.